The van der Waals surface area contributed by atoms with Crippen molar-refractivity contribution in [1.29, 1.82) is 0 Å². The van der Waals surface area contributed by atoms with Gasteiger partial charge in [-0.25, -0.2) is 0 Å². The maximum atomic E-state index is 10.9. The van der Waals surface area contributed by atoms with Crippen molar-refractivity contribution in [2.45, 2.75) is 6.54 Å². The summed E-state index contributed by atoms with van der Waals surface area (Å²) in [6, 6.07) is 4.79. The summed E-state index contributed by atoms with van der Waals surface area (Å²) in [6.07, 6.45) is 3.29. The van der Waals surface area contributed by atoms with Crippen molar-refractivity contribution in [2.75, 3.05) is 17.6 Å². The van der Waals surface area contributed by atoms with Gasteiger partial charge in [-0.1, -0.05) is 11.3 Å². The van der Waals surface area contributed by atoms with Gasteiger partial charge in [0.05, 0.1) is 17.7 Å². The normalized spacial score (nSPS) is 10.2. The first-order valence-corrected chi connectivity index (χ1v) is 5.29. The molecule has 94 valence electrons. The third-order valence-corrected chi connectivity index (χ3v) is 2.38. The van der Waals surface area contributed by atoms with E-state index in [1.54, 1.807) is 29.2 Å². The number of hydrogen-bond donors (Lipinski definition) is 2. The summed E-state index contributed by atoms with van der Waals surface area (Å²) in [5.74, 6) is 0. The monoisotopic (exact) mass is 248 g/mol. The molecular weight excluding hydrogens is 236 g/mol. The zero-order chi connectivity index (χ0) is 13.0. The van der Waals surface area contributed by atoms with Gasteiger partial charge in [0.25, 0.3) is 0 Å². The van der Waals surface area contributed by atoms with Crippen LogP contribution in [0.1, 0.15) is 0 Å². The van der Waals surface area contributed by atoms with Gasteiger partial charge >= 0.3 is 5.69 Å². The minimum absolute atomic E-state index is 0.101. The first-order valence-electron chi connectivity index (χ1n) is 5.29. The van der Waals surface area contributed by atoms with E-state index in [0.717, 1.165) is 0 Å². The predicted molar refractivity (Wildman–Crippen MR) is 66.0 cm³/mol. The van der Waals surface area contributed by atoms with Crippen molar-refractivity contribution in [1.82, 2.24) is 15.0 Å². The van der Waals surface area contributed by atoms with Crippen LogP contribution >= 0.6 is 0 Å². The molecule has 8 heteroatoms. The van der Waals surface area contributed by atoms with Crippen LogP contribution in [0.5, 0.6) is 0 Å². The molecule has 1 aromatic carbocycles. The Morgan fingerprint density at radius 1 is 1.50 bits per heavy atom. The van der Waals surface area contributed by atoms with Gasteiger partial charge in [-0.15, -0.1) is 5.10 Å². The lowest BCUT2D eigenvalue weighted by molar-refractivity contribution is -0.383. The summed E-state index contributed by atoms with van der Waals surface area (Å²) in [5, 5.41) is 21.3. The summed E-state index contributed by atoms with van der Waals surface area (Å²) in [4.78, 5) is 10.4. The van der Waals surface area contributed by atoms with Crippen LogP contribution in [-0.4, -0.2) is 26.5 Å². The quantitative estimate of drug-likeness (QED) is 0.461. The second kappa shape index (κ2) is 5.13. The van der Waals surface area contributed by atoms with Gasteiger partial charge in [0.1, 0.15) is 11.4 Å². The van der Waals surface area contributed by atoms with E-state index in [1.165, 1.54) is 6.07 Å². The molecule has 0 unspecified atom stereocenters. The average molecular weight is 248 g/mol. The van der Waals surface area contributed by atoms with Gasteiger partial charge in [0.15, 0.2) is 0 Å². The molecule has 0 spiro atoms. The lowest BCUT2D eigenvalue weighted by Gasteiger charge is -2.08. The highest BCUT2D eigenvalue weighted by Gasteiger charge is 2.16. The molecule has 0 saturated heterocycles. The number of anilines is 2. The molecular formula is C10H12N6O2. The van der Waals surface area contributed by atoms with E-state index in [9.17, 15) is 10.1 Å². The van der Waals surface area contributed by atoms with Crippen LogP contribution in [0, 0.1) is 10.1 Å². The molecule has 0 aliphatic heterocycles. The highest BCUT2D eigenvalue weighted by Crippen LogP contribution is 2.30. The van der Waals surface area contributed by atoms with E-state index in [2.05, 4.69) is 15.6 Å². The van der Waals surface area contributed by atoms with Crippen LogP contribution < -0.4 is 11.1 Å². The number of nitrogens with one attached hydrogen (secondary N) is 1. The number of nitro benzene ring substituents is 1. The number of para-hydroxylation sites is 1. The fourth-order valence-corrected chi connectivity index (χ4v) is 1.56. The largest absolute Gasteiger partial charge is 0.393 e. The maximum absolute atomic E-state index is 10.9. The predicted octanol–water partition coefficient (Wildman–Crippen LogP) is 0.881. The number of nitrogens with zero attached hydrogens (tertiary/aromatic N) is 4. The minimum Gasteiger partial charge on any atom is -0.393 e. The summed E-state index contributed by atoms with van der Waals surface area (Å²) in [5.41, 5.74) is 6.03. The van der Waals surface area contributed by atoms with Crippen LogP contribution in [0.15, 0.2) is 30.6 Å². The van der Waals surface area contributed by atoms with Crippen LogP contribution in [0.3, 0.4) is 0 Å². The lowest BCUT2D eigenvalue weighted by Crippen LogP contribution is -2.12. The molecule has 3 N–H and O–H groups in total. The minimum atomic E-state index is -0.493. The van der Waals surface area contributed by atoms with Crippen molar-refractivity contribution < 1.29 is 4.92 Å². The van der Waals surface area contributed by atoms with Crippen LogP contribution in [0.25, 0.3) is 0 Å². The van der Waals surface area contributed by atoms with Crippen molar-refractivity contribution >= 4 is 17.1 Å². The standard InChI is InChI=1S/C10H12N6O2/c11-8-2-1-3-9(10(8)16(17)18)12-4-6-15-7-5-13-14-15/h1-3,5,7,12H,4,6,11H2. The molecule has 1 aromatic heterocycles. The molecule has 0 fully saturated rings. The molecule has 1 heterocycles. The smallest absolute Gasteiger partial charge is 0.314 e. The zero-order valence-electron chi connectivity index (χ0n) is 9.48. The van der Waals surface area contributed by atoms with Gasteiger partial charge < -0.3 is 11.1 Å². The van der Waals surface area contributed by atoms with Gasteiger partial charge in [0.2, 0.25) is 0 Å². The van der Waals surface area contributed by atoms with Crippen LogP contribution in [0.4, 0.5) is 17.1 Å². The number of aromatic nitrogens is 3. The van der Waals surface area contributed by atoms with Gasteiger partial charge in [-0.05, 0) is 12.1 Å². The molecule has 0 atom stereocenters. The van der Waals surface area contributed by atoms with Crippen molar-refractivity contribution in [2.24, 2.45) is 0 Å². The van der Waals surface area contributed by atoms with Crippen molar-refractivity contribution in [3.63, 3.8) is 0 Å². The Labute approximate surface area is 103 Å². The van der Waals surface area contributed by atoms with Crippen molar-refractivity contribution in [3.05, 3.63) is 40.7 Å². The van der Waals surface area contributed by atoms with Crippen LogP contribution in [-0.2, 0) is 6.54 Å². The maximum Gasteiger partial charge on any atom is 0.314 e. The third kappa shape index (κ3) is 2.54. The first kappa shape index (κ1) is 11.8. The highest BCUT2D eigenvalue weighted by molar-refractivity contribution is 5.74. The number of benzene rings is 1. The Bertz CT molecular complexity index is 539. The van der Waals surface area contributed by atoms with E-state index in [0.29, 0.717) is 18.8 Å². The second-order valence-electron chi connectivity index (χ2n) is 3.59. The van der Waals surface area contributed by atoms with Gasteiger partial charge in [0, 0.05) is 12.7 Å². The number of rotatable bonds is 5. The second-order valence-corrected chi connectivity index (χ2v) is 3.59. The third-order valence-electron chi connectivity index (χ3n) is 2.38. The molecule has 0 saturated carbocycles. The van der Waals surface area contributed by atoms with E-state index in [4.69, 9.17) is 5.73 Å². The number of nitrogen functional groups attached to an aromatic ring is 1. The van der Waals surface area contributed by atoms with Gasteiger partial charge in [-0.3, -0.25) is 14.8 Å². The summed E-state index contributed by atoms with van der Waals surface area (Å²) >= 11 is 0. The molecule has 0 aliphatic rings. The SMILES string of the molecule is Nc1cccc(NCCn2ccnn2)c1[N+](=O)[O-]. The number of nitro groups is 1. The number of hydrogen-bond acceptors (Lipinski definition) is 6. The first-order chi connectivity index (χ1) is 8.68. The molecule has 18 heavy (non-hydrogen) atoms. The molecule has 8 nitrogen and oxygen atoms in total. The number of nitrogens with two attached hydrogens (primary N) is 1. The highest BCUT2D eigenvalue weighted by atomic mass is 16.6. The Morgan fingerprint density at radius 2 is 2.33 bits per heavy atom. The molecule has 0 amide bonds. The van der Waals surface area contributed by atoms with E-state index in [-0.39, 0.29) is 11.4 Å². The van der Waals surface area contributed by atoms with E-state index < -0.39 is 4.92 Å². The Balaban J connectivity index is 2.05. The molecule has 2 aromatic rings. The van der Waals surface area contributed by atoms with E-state index in [1.807, 2.05) is 0 Å². The lowest BCUT2D eigenvalue weighted by atomic mass is 10.2. The summed E-state index contributed by atoms with van der Waals surface area (Å²) < 4.78 is 1.63. The zero-order valence-corrected chi connectivity index (χ0v) is 9.48. The fraction of sp³-hybridized carbons (Fsp3) is 0.200. The molecule has 0 radical (unpaired) electrons. The summed E-state index contributed by atoms with van der Waals surface area (Å²) in [7, 11) is 0. The fourth-order valence-electron chi connectivity index (χ4n) is 1.56. The molecule has 0 bridgehead atoms. The molecule has 0 aliphatic carbocycles. The summed E-state index contributed by atoms with van der Waals surface area (Å²) in [6.45, 7) is 1.06. The Kier molecular flexibility index (Phi) is 3.37. The molecule has 2 rings (SSSR count). The Hall–Kier alpha value is -2.64. The van der Waals surface area contributed by atoms with Crippen molar-refractivity contribution in [3.8, 4) is 0 Å². The topological polar surface area (TPSA) is 112 Å². The van der Waals surface area contributed by atoms with Gasteiger partial charge in [-0.2, -0.15) is 0 Å². The van der Waals surface area contributed by atoms with E-state index >= 15 is 0 Å². The Morgan fingerprint density at radius 3 is 3.00 bits per heavy atom. The van der Waals surface area contributed by atoms with Crippen LogP contribution in [0.2, 0.25) is 0 Å². The average Bonchev–Trinajstić information content (AvgIpc) is 2.81.